The Bertz CT molecular complexity index is 608. The molecule has 0 aliphatic carbocycles. The van der Waals surface area contributed by atoms with Gasteiger partial charge in [-0.25, -0.2) is 4.39 Å². The lowest BCUT2D eigenvalue weighted by Crippen LogP contribution is -2.01. The summed E-state index contributed by atoms with van der Waals surface area (Å²) in [6.45, 7) is 4.21. The van der Waals surface area contributed by atoms with Crippen LogP contribution < -0.4 is 0 Å². The van der Waals surface area contributed by atoms with E-state index in [2.05, 4.69) is 32.0 Å². The minimum absolute atomic E-state index is 0.347. The summed E-state index contributed by atoms with van der Waals surface area (Å²) in [5, 5.41) is 0.0125. The van der Waals surface area contributed by atoms with E-state index < -0.39 is 0 Å². The first-order valence-corrected chi connectivity index (χ1v) is 7.59. The van der Waals surface area contributed by atoms with Crippen molar-refractivity contribution in [2.45, 2.75) is 32.1 Å². The van der Waals surface area contributed by atoms with Crippen LogP contribution in [0.3, 0.4) is 0 Å². The number of aryl methyl sites for hydroxylation is 2. The highest BCUT2D eigenvalue weighted by Crippen LogP contribution is 2.36. The molecule has 20 heavy (non-hydrogen) atoms. The SMILES string of the molecule is CCc1ccc(CC)c(C(Cl)c2ccc(F)cc2Cl)c1. The van der Waals surface area contributed by atoms with E-state index >= 15 is 0 Å². The molecule has 106 valence electrons. The first kappa shape index (κ1) is 15.3. The van der Waals surface area contributed by atoms with Gasteiger partial charge in [0.1, 0.15) is 5.82 Å². The highest BCUT2D eigenvalue weighted by Gasteiger charge is 2.17. The van der Waals surface area contributed by atoms with Crippen molar-refractivity contribution in [2.24, 2.45) is 0 Å². The molecule has 2 rings (SSSR count). The van der Waals surface area contributed by atoms with Crippen molar-refractivity contribution >= 4 is 23.2 Å². The molecule has 3 heteroatoms. The number of rotatable bonds is 4. The van der Waals surface area contributed by atoms with E-state index in [9.17, 15) is 4.39 Å². The molecule has 0 saturated carbocycles. The van der Waals surface area contributed by atoms with Crippen LogP contribution in [0.1, 0.15) is 41.5 Å². The molecular weight excluding hydrogens is 294 g/mol. The summed E-state index contributed by atoms with van der Waals surface area (Å²) in [6, 6.07) is 10.7. The molecule has 0 amide bonds. The van der Waals surface area contributed by atoms with Gasteiger partial charge in [-0.3, -0.25) is 0 Å². The average Bonchev–Trinajstić information content (AvgIpc) is 2.46. The molecule has 0 aromatic heterocycles. The molecule has 2 aromatic rings. The Kier molecular flexibility index (Phi) is 5.06. The monoisotopic (exact) mass is 310 g/mol. The maximum Gasteiger partial charge on any atom is 0.124 e. The maximum atomic E-state index is 13.1. The third-order valence-electron chi connectivity index (χ3n) is 3.51. The van der Waals surface area contributed by atoms with E-state index in [0.717, 1.165) is 24.0 Å². The second-order valence-corrected chi connectivity index (χ2v) is 5.61. The van der Waals surface area contributed by atoms with Gasteiger partial charge < -0.3 is 0 Å². The Morgan fingerprint density at radius 1 is 1.00 bits per heavy atom. The van der Waals surface area contributed by atoms with Crippen molar-refractivity contribution in [3.05, 3.63) is 69.5 Å². The Hall–Kier alpha value is -1.05. The normalized spacial score (nSPS) is 12.4. The number of halogens is 3. The summed E-state index contributed by atoms with van der Waals surface area (Å²) in [4.78, 5) is 0. The molecule has 0 radical (unpaired) electrons. The van der Waals surface area contributed by atoms with Crippen molar-refractivity contribution in [1.82, 2.24) is 0 Å². The van der Waals surface area contributed by atoms with E-state index in [0.29, 0.717) is 5.02 Å². The van der Waals surface area contributed by atoms with Crippen LogP contribution in [0.4, 0.5) is 4.39 Å². The number of benzene rings is 2. The maximum absolute atomic E-state index is 13.1. The Labute approximate surface area is 129 Å². The van der Waals surface area contributed by atoms with E-state index in [1.54, 1.807) is 6.07 Å². The van der Waals surface area contributed by atoms with Crippen LogP contribution in [0.2, 0.25) is 5.02 Å². The molecule has 0 N–H and O–H groups in total. The van der Waals surface area contributed by atoms with Crippen LogP contribution >= 0.6 is 23.2 Å². The van der Waals surface area contributed by atoms with Gasteiger partial charge in [0, 0.05) is 5.02 Å². The van der Waals surface area contributed by atoms with Crippen LogP contribution in [0.25, 0.3) is 0 Å². The highest BCUT2D eigenvalue weighted by molar-refractivity contribution is 6.33. The van der Waals surface area contributed by atoms with E-state index in [1.165, 1.54) is 23.3 Å². The topological polar surface area (TPSA) is 0 Å². The van der Waals surface area contributed by atoms with Crippen LogP contribution in [-0.2, 0) is 12.8 Å². The quantitative estimate of drug-likeness (QED) is 0.614. The van der Waals surface area contributed by atoms with Crippen LogP contribution in [0.15, 0.2) is 36.4 Å². The van der Waals surface area contributed by atoms with Gasteiger partial charge in [-0.05, 0) is 47.2 Å². The van der Waals surface area contributed by atoms with Crippen molar-refractivity contribution in [2.75, 3.05) is 0 Å². The summed E-state index contributed by atoms with van der Waals surface area (Å²) in [6.07, 6.45) is 1.86. The zero-order valence-corrected chi connectivity index (χ0v) is 13.1. The van der Waals surface area contributed by atoms with Gasteiger partial charge in [-0.1, -0.05) is 49.7 Å². The lowest BCUT2D eigenvalue weighted by atomic mass is 9.95. The van der Waals surface area contributed by atoms with Crippen LogP contribution in [0, 0.1) is 5.82 Å². The van der Waals surface area contributed by atoms with Crippen molar-refractivity contribution in [1.29, 1.82) is 0 Å². The van der Waals surface area contributed by atoms with Crippen LogP contribution in [-0.4, -0.2) is 0 Å². The smallest absolute Gasteiger partial charge is 0.124 e. The molecule has 2 aromatic carbocycles. The van der Waals surface area contributed by atoms with Crippen molar-refractivity contribution in [3.8, 4) is 0 Å². The van der Waals surface area contributed by atoms with E-state index in [-0.39, 0.29) is 11.2 Å². The minimum atomic E-state index is -0.357. The fraction of sp³-hybridized carbons (Fsp3) is 0.294. The van der Waals surface area contributed by atoms with E-state index in [1.807, 2.05) is 0 Å². The minimum Gasteiger partial charge on any atom is -0.207 e. The summed E-state index contributed by atoms with van der Waals surface area (Å²) < 4.78 is 13.1. The van der Waals surface area contributed by atoms with Gasteiger partial charge >= 0.3 is 0 Å². The lowest BCUT2D eigenvalue weighted by molar-refractivity contribution is 0.627. The average molecular weight is 311 g/mol. The molecule has 1 unspecified atom stereocenters. The molecule has 0 saturated heterocycles. The largest absolute Gasteiger partial charge is 0.207 e. The predicted molar refractivity (Wildman–Crippen MR) is 84.3 cm³/mol. The van der Waals surface area contributed by atoms with Crippen molar-refractivity contribution < 1.29 is 4.39 Å². The standard InChI is InChI=1S/C17H17Cl2F/c1-3-11-5-6-12(4-2)15(9-11)17(19)14-8-7-13(20)10-16(14)18/h5-10,17H,3-4H2,1-2H3. The zero-order chi connectivity index (χ0) is 14.7. The fourth-order valence-corrected chi connectivity index (χ4v) is 3.02. The molecule has 0 spiro atoms. The van der Waals surface area contributed by atoms with Crippen molar-refractivity contribution in [3.63, 3.8) is 0 Å². The summed E-state index contributed by atoms with van der Waals surface area (Å²) in [5.74, 6) is -0.347. The summed E-state index contributed by atoms with van der Waals surface area (Å²) in [5.41, 5.74) is 4.24. The fourth-order valence-electron chi connectivity index (χ4n) is 2.30. The Balaban J connectivity index is 2.48. The third-order valence-corrected chi connectivity index (χ3v) is 4.31. The predicted octanol–water partition coefficient (Wildman–Crippen LogP) is 5.93. The molecule has 0 nitrogen and oxygen atoms in total. The molecular formula is C17H17Cl2F. The van der Waals surface area contributed by atoms with Gasteiger partial charge in [-0.15, -0.1) is 11.6 Å². The number of hydrogen-bond acceptors (Lipinski definition) is 0. The first-order valence-electron chi connectivity index (χ1n) is 6.77. The Morgan fingerprint density at radius 2 is 1.75 bits per heavy atom. The summed E-state index contributed by atoms with van der Waals surface area (Å²) >= 11 is 12.7. The summed E-state index contributed by atoms with van der Waals surface area (Å²) in [7, 11) is 0. The molecule has 1 atom stereocenters. The number of alkyl halides is 1. The molecule has 0 aliphatic heterocycles. The number of hydrogen-bond donors (Lipinski definition) is 0. The molecule has 0 fully saturated rings. The van der Waals surface area contributed by atoms with E-state index in [4.69, 9.17) is 23.2 Å². The molecule has 0 bridgehead atoms. The lowest BCUT2D eigenvalue weighted by Gasteiger charge is -2.17. The molecule has 0 aliphatic rings. The van der Waals surface area contributed by atoms with Crippen LogP contribution in [0.5, 0.6) is 0 Å². The first-order chi connectivity index (χ1) is 9.56. The second-order valence-electron chi connectivity index (χ2n) is 4.77. The van der Waals surface area contributed by atoms with Gasteiger partial charge in [0.25, 0.3) is 0 Å². The molecule has 0 heterocycles. The highest BCUT2D eigenvalue weighted by atomic mass is 35.5. The Morgan fingerprint density at radius 3 is 2.35 bits per heavy atom. The van der Waals surface area contributed by atoms with Gasteiger partial charge in [0.2, 0.25) is 0 Å². The van der Waals surface area contributed by atoms with Gasteiger partial charge in [0.05, 0.1) is 5.38 Å². The zero-order valence-electron chi connectivity index (χ0n) is 11.6. The third kappa shape index (κ3) is 3.16. The van der Waals surface area contributed by atoms with Gasteiger partial charge in [0.15, 0.2) is 0 Å². The second kappa shape index (κ2) is 6.60. The van der Waals surface area contributed by atoms with Gasteiger partial charge in [-0.2, -0.15) is 0 Å².